The van der Waals surface area contributed by atoms with Crippen LogP contribution in [-0.2, 0) is 22.6 Å². The number of rotatable bonds is 12. The molecule has 0 radical (unpaired) electrons. The van der Waals surface area contributed by atoms with Crippen LogP contribution in [0, 0.1) is 0 Å². The van der Waals surface area contributed by atoms with Gasteiger partial charge in [-0.3, -0.25) is 19.4 Å². The lowest BCUT2D eigenvalue weighted by Gasteiger charge is -2.23. The molecular formula is C34H40N6O3. The highest BCUT2D eigenvalue weighted by molar-refractivity contribution is 6.05. The van der Waals surface area contributed by atoms with Gasteiger partial charge in [-0.05, 0) is 71.9 Å². The zero-order valence-electron chi connectivity index (χ0n) is 24.8. The lowest BCUT2D eigenvalue weighted by atomic mass is 10.0. The summed E-state index contributed by atoms with van der Waals surface area (Å²) in [5.74, 6) is -0.585. The number of aromatic nitrogens is 1. The predicted octanol–water partition coefficient (Wildman–Crippen LogP) is 4.26. The van der Waals surface area contributed by atoms with Gasteiger partial charge in [0.05, 0.1) is 17.9 Å². The Labute approximate surface area is 253 Å². The maximum atomic E-state index is 13.3. The Bertz CT molecular complexity index is 1510. The second-order valence-corrected chi connectivity index (χ2v) is 10.8. The van der Waals surface area contributed by atoms with Gasteiger partial charge in [-0.15, -0.1) is 0 Å². The molecule has 9 nitrogen and oxygen atoms in total. The maximum Gasteiger partial charge on any atom is 0.255 e. The summed E-state index contributed by atoms with van der Waals surface area (Å²) in [6.07, 6.45) is 9.43. The number of anilines is 1. The second-order valence-electron chi connectivity index (χ2n) is 10.8. The van der Waals surface area contributed by atoms with Gasteiger partial charge in [0.15, 0.2) is 0 Å². The van der Waals surface area contributed by atoms with E-state index >= 15 is 0 Å². The molecule has 1 aromatic heterocycles. The SMILES string of the molecule is CCCN(CCC)C(=O)C1=Cc2ccc(C(=O)Nc3cncc(CNC(=O)C(N)Cc4ccccc4)c3)cc2C=C(N)C1. The van der Waals surface area contributed by atoms with E-state index in [9.17, 15) is 14.4 Å². The fourth-order valence-corrected chi connectivity index (χ4v) is 5.01. The number of carbonyl (C=O) groups excluding carboxylic acids is 3. The van der Waals surface area contributed by atoms with Crippen molar-refractivity contribution < 1.29 is 14.4 Å². The second kappa shape index (κ2) is 14.9. The number of hydrogen-bond acceptors (Lipinski definition) is 6. The normalized spacial score (nSPS) is 13.1. The van der Waals surface area contributed by atoms with Crippen molar-refractivity contribution in [1.82, 2.24) is 15.2 Å². The molecule has 9 heteroatoms. The molecule has 1 atom stereocenters. The molecule has 0 saturated carbocycles. The summed E-state index contributed by atoms with van der Waals surface area (Å²) in [6, 6.07) is 16.0. The number of hydrogen-bond donors (Lipinski definition) is 4. The minimum atomic E-state index is -0.676. The van der Waals surface area contributed by atoms with Crippen LogP contribution < -0.4 is 22.1 Å². The first-order valence-electron chi connectivity index (χ1n) is 14.7. The van der Waals surface area contributed by atoms with E-state index in [1.54, 1.807) is 30.6 Å². The fourth-order valence-electron chi connectivity index (χ4n) is 5.01. The zero-order chi connectivity index (χ0) is 30.8. The van der Waals surface area contributed by atoms with Crippen molar-refractivity contribution >= 4 is 35.6 Å². The molecule has 3 amide bonds. The molecule has 1 unspecified atom stereocenters. The summed E-state index contributed by atoms with van der Waals surface area (Å²) >= 11 is 0. The van der Waals surface area contributed by atoms with Gasteiger partial charge in [0.1, 0.15) is 0 Å². The third-order valence-electron chi connectivity index (χ3n) is 7.12. The van der Waals surface area contributed by atoms with Crippen LogP contribution in [0.2, 0.25) is 0 Å². The van der Waals surface area contributed by atoms with Crippen LogP contribution in [0.4, 0.5) is 5.69 Å². The Hall–Kier alpha value is -4.76. The van der Waals surface area contributed by atoms with E-state index < -0.39 is 6.04 Å². The van der Waals surface area contributed by atoms with Crippen molar-refractivity contribution in [2.75, 3.05) is 18.4 Å². The number of amides is 3. The van der Waals surface area contributed by atoms with Gasteiger partial charge in [-0.25, -0.2) is 0 Å². The van der Waals surface area contributed by atoms with E-state index in [1.165, 1.54) is 0 Å². The van der Waals surface area contributed by atoms with Gasteiger partial charge < -0.3 is 27.0 Å². The molecule has 4 rings (SSSR count). The molecule has 6 N–H and O–H groups in total. The third-order valence-corrected chi connectivity index (χ3v) is 7.12. The summed E-state index contributed by atoms with van der Waals surface area (Å²) < 4.78 is 0. The maximum absolute atomic E-state index is 13.3. The zero-order valence-corrected chi connectivity index (χ0v) is 24.8. The average molecular weight is 581 g/mol. The van der Waals surface area contributed by atoms with E-state index in [4.69, 9.17) is 11.5 Å². The van der Waals surface area contributed by atoms with Crippen molar-refractivity contribution in [3.8, 4) is 0 Å². The minimum absolute atomic E-state index is 0.00327. The number of pyridine rings is 1. The molecule has 1 aliphatic rings. The minimum Gasteiger partial charge on any atom is -0.402 e. The quantitative estimate of drug-likeness (QED) is 0.252. The van der Waals surface area contributed by atoms with E-state index in [2.05, 4.69) is 29.5 Å². The summed E-state index contributed by atoms with van der Waals surface area (Å²) in [5.41, 5.74) is 17.8. The summed E-state index contributed by atoms with van der Waals surface area (Å²) in [5, 5.41) is 5.72. The molecule has 1 heterocycles. The lowest BCUT2D eigenvalue weighted by Crippen LogP contribution is -2.41. The van der Waals surface area contributed by atoms with E-state index in [0.717, 1.165) is 35.1 Å². The van der Waals surface area contributed by atoms with Crippen LogP contribution in [0.15, 0.2) is 78.3 Å². The first-order valence-corrected chi connectivity index (χ1v) is 14.7. The standard InChI is InChI=1S/C34H40N6O3/c1-3-12-40(13-4-2)34(43)28-16-25-10-11-26(17-27(25)18-29(35)19-28)32(41)39-30-14-24(20-37-22-30)21-38-33(42)31(36)15-23-8-6-5-7-9-23/h5-11,14,16-18,20,22,31H,3-4,12-13,15,19,21,35-36H2,1-2H3,(H,38,42)(H,39,41). The summed E-state index contributed by atoms with van der Waals surface area (Å²) in [4.78, 5) is 45.0. The molecule has 43 heavy (non-hydrogen) atoms. The molecule has 224 valence electrons. The average Bonchev–Trinajstić information content (AvgIpc) is 3.17. The fraction of sp³-hybridized carbons (Fsp3) is 0.294. The van der Waals surface area contributed by atoms with Gasteiger partial charge >= 0.3 is 0 Å². The molecule has 0 spiro atoms. The van der Waals surface area contributed by atoms with Crippen molar-refractivity contribution in [1.29, 1.82) is 0 Å². The number of carbonyl (C=O) groups is 3. The summed E-state index contributed by atoms with van der Waals surface area (Å²) in [6.45, 7) is 5.74. The van der Waals surface area contributed by atoms with Gasteiger partial charge in [-0.1, -0.05) is 50.2 Å². The summed E-state index contributed by atoms with van der Waals surface area (Å²) in [7, 11) is 0. The molecule has 0 fully saturated rings. The number of fused-ring (bicyclic) bond motifs is 1. The predicted molar refractivity (Wildman–Crippen MR) is 171 cm³/mol. The van der Waals surface area contributed by atoms with Crippen molar-refractivity contribution in [3.05, 3.63) is 106 Å². The first kappa shape index (κ1) is 31.2. The molecule has 0 saturated heterocycles. The highest BCUT2D eigenvalue weighted by Gasteiger charge is 2.21. The van der Waals surface area contributed by atoms with Crippen LogP contribution in [0.25, 0.3) is 12.2 Å². The van der Waals surface area contributed by atoms with Crippen LogP contribution in [0.1, 0.15) is 65.7 Å². The van der Waals surface area contributed by atoms with Crippen LogP contribution >= 0.6 is 0 Å². The molecule has 2 aromatic carbocycles. The highest BCUT2D eigenvalue weighted by atomic mass is 16.2. The van der Waals surface area contributed by atoms with Crippen LogP contribution in [0.5, 0.6) is 0 Å². The smallest absolute Gasteiger partial charge is 0.255 e. The van der Waals surface area contributed by atoms with Crippen LogP contribution in [0.3, 0.4) is 0 Å². The van der Waals surface area contributed by atoms with Crippen LogP contribution in [-0.4, -0.2) is 46.7 Å². The van der Waals surface area contributed by atoms with E-state index in [0.29, 0.717) is 48.5 Å². The Morgan fingerprint density at radius 1 is 0.930 bits per heavy atom. The Morgan fingerprint density at radius 2 is 1.67 bits per heavy atom. The van der Waals surface area contributed by atoms with Gasteiger partial charge in [0.2, 0.25) is 11.8 Å². The molecule has 1 aliphatic carbocycles. The van der Waals surface area contributed by atoms with Gasteiger partial charge in [0, 0.05) is 49.1 Å². The van der Waals surface area contributed by atoms with Gasteiger partial charge in [-0.2, -0.15) is 0 Å². The Morgan fingerprint density at radius 3 is 2.40 bits per heavy atom. The molecule has 0 aliphatic heterocycles. The lowest BCUT2D eigenvalue weighted by molar-refractivity contribution is -0.127. The third kappa shape index (κ3) is 8.62. The molecular weight excluding hydrogens is 540 g/mol. The van der Waals surface area contributed by atoms with Crippen molar-refractivity contribution in [2.24, 2.45) is 11.5 Å². The topological polar surface area (TPSA) is 143 Å². The number of nitrogens with two attached hydrogens (primary N) is 2. The number of nitrogens with zero attached hydrogens (tertiary/aromatic N) is 2. The highest BCUT2D eigenvalue weighted by Crippen LogP contribution is 2.26. The van der Waals surface area contributed by atoms with E-state index in [-0.39, 0.29) is 24.3 Å². The monoisotopic (exact) mass is 580 g/mol. The Kier molecular flexibility index (Phi) is 10.8. The van der Waals surface area contributed by atoms with Crippen molar-refractivity contribution in [3.63, 3.8) is 0 Å². The molecule has 0 bridgehead atoms. The Balaban J connectivity index is 1.41. The van der Waals surface area contributed by atoms with Crippen molar-refractivity contribution in [2.45, 2.75) is 52.1 Å². The number of allylic oxidation sites excluding steroid dienone is 1. The largest absolute Gasteiger partial charge is 0.402 e. The number of benzene rings is 2. The van der Waals surface area contributed by atoms with E-state index in [1.807, 2.05) is 53.5 Å². The van der Waals surface area contributed by atoms with Gasteiger partial charge in [0.25, 0.3) is 5.91 Å². The number of nitrogens with one attached hydrogen (secondary N) is 2. The first-order chi connectivity index (χ1) is 20.8. The molecule has 3 aromatic rings.